The number of anilines is 1. The van der Waals surface area contributed by atoms with Crippen molar-refractivity contribution >= 4 is 34.8 Å². The molecule has 1 amide bonds. The van der Waals surface area contributed by atoms with E-state index in [1.807, 2.05) is 26.0 Å². The molecule has 2 aromatic carbocycles. The van der Waals surface area contributed by atoms with Crippen molar-refractivity contribution in [3.8, 4) is 5.75 Å². The zero-order valence-electron chi connectivity index (χ0n) is 14.0. The predicted molar refractivity (Wildman–Crippen MR) is 100 cm³/mol. The Balaban J connectivity index is 2.16. The van der Waals surface area contributed by atoms with Crippen LogP contribution in [0.2, 0.25) is 10.0 Å². The lowest BCUT2D eigenvalue weighted by atomic mass is 10.0. The highest BCUT2D eigenvalue weighted by Gasteiger charge is 2.19. The van der Waals surface area contributed by atoms with Gasteiger partial charge in [0.2, 0.25) is 0 Å². The Bertz CT molecular complexity index is 714. The first-order valence-corrected chi connectivity index (χ1v) is 8.75. The summed E-state index contributed by atoms with van der Waals surface area (Å²) in [5.74, 6) is 0.385. The van der Waals surface area contributed by atoms with Crippen molar-refractivity contribution in [1.82, 2.24) is 0 Å². The second-order valence-electron chi connectivity index (χ2n) is 5.47. The SMILES string of the molecule is CCc1ccc(Cl)c(CC)c1NC(=O)C(C)Oc1ccc(Cl)cc1. The third kappa shape index (κ3) is 4.43. The zero-order chi connectivity index (χ0) is 17.7. The van der Waals surface area contributed by atoms with Gasteiger partial charge >= 0.3 is 0 Å². The summed E-state index contributed by atoms with van der Waals surface area (Å²) in [6.07, 6.45) is 0.917. The van der Waals surface area contributed by atoms with Gasteiger partial charge in [-0.25, -0.2) is 0 Å². The van der Waals surface area contributed by atoms with Crippen LogP contribution < -0.4 is 10.1 Å². The van der Waals surface area contributed by atoms with E-state index in [1.165, 1.54) is 0 Å². The lowest BCUT2D eigenvalue weighted by Crippen LogP contribution is -2.31. The number of hydrogen-bond acceptors (Lipinski definition) is 2. The van der Waals surface area contributed by atoms with Gasteiger partial charge in [0.15, 0.2) is 6.10 Å². The van der Waals surface area contributed by atoms with Gasteiger partial charge in [0.05, 0.1) is 0 Å². The first-order valence-electron chi connectivity index (χ1n) is 7.99. The van der Waals surface area contributed by atoms with Crippen LogP contribution in [-0.4, -0.2) is 12.0 Å². The Kier molecular flexibility index (Phi) is 6.52. The van der Waals surface area contributed by atoms with Crippen LogP contribution in [-0.2, 0) is 17.6 Å². The summed E-state index contributed by atoms with van der Waals surface area (Å²) in [5, 5.41) is 4.27. The lowest BCUT2D eigenvalue weighted by Gasteiger charge is -2.19. The molecule has 24 heavy (non-hydrogen) atoms. The number of ether oxygens (including phenoxy) is 1. The van der Waals surface area contributed by atoms with Crippen LogP contribution in [0.3, 0.4) is 0 Å². The molecule has 2 aromatic rings. The van der Waals surface area contributed by atoms with Crippen LogP contribution in [0, 0.1) is 0 Å². The fraction of sp³-hybridized carbons (Fsp3) is 0.316. The fourth-order valence-corrected chi connectivity index (χ4v) is 2.88. The monoisotopic (exact) mass is 365 g/mol. The zero-order valence-corrected chi connectivity index (χ0v) is 15.5. The van der Waals surface area contributed by atoms with Crippen LogP contribution in [0.15, 0.2) is 36.4 Å². The standard InChI is InChI=1S/C19H21Cl2NO2/c1-4-13-6-11-17(21)16(5-2)18(13)22-19(23)12(3)24-15-9-7-14(20)8-10-15/h6-12H,4-5H2,1-3H3,(H,22,23). The van der Waals surface area contributed by atoms with E-state index in [1.54, 1.807) is 31.2 Å². The van der Waals surface area contributed by atoms with Gasteiger partial charge in [0.1, 0.15) is 5.75 Å². The van der Waals surface area contributed by atoms with Crippen LogP contribution in [0.25, 0.3) is 0 Å². The molecule has 2 rings (SSSR count). The number of nitrogens with one attached hydrogen (secondary N) is 1. The van der Waals surface area contributed by atoms with Crippen LogP contribution in [0.1, 0.15) is 31.9 Å². The smallest absolute Gasteiger partial charge is 0.265 e. The first kappa shape index (κ1) is 18.6. The summed E-state index contributed by atoms with van der Waals surface area (Å²) < 4.78 is 5.68. The Morgan fingerprint density at radius 1 is 1.08 bits per heavy atom. The number of carbonyl (C=O) groups excluding carboxylic acids is 1. The normalized spacial score (nSPS) is 11.9. The molecule has 0 saturated carbocycles. The van der Waals surface area contributed by atoms with E-state index < -0.39 is 6.10 Å². The molecule has 3 nitrogen and oxygen atoms in total. The fourth-order valence-electron chi connectivity index (χ4n) is 2.46. The molecule has 1 N–H and O–H groups in total. The van der Waals surface area contributed by atoms with Gasteiger partial charge in [-0.15, -0.1) is 0 Å². The highest BCUT2D eigenvalue weighted by atomic mass is 35.5. The number of rotatable bonds is 6. The second-order valence-corrected chi connectivity index (χ2v) is 6.31. The van der Waals surface area contributed by atoms with Gasteiger partial charge in [0, 0.05) is 15.7 Å². The van der Waals surface area contributed by atoms with E-state index in [9.17, 15) is 4.79 Å². The maximum atomic E-state index is 12.5. The van der Waals surface area contributed by atoms with E-state index in [0.717, 1.165) is 29.7 Å². The second kappa shape index (κ2) is 8.41. The van der Waals surface area contributed by atoms with Gasteiger partial charge in [-0.2, -0.15) is 0 Å². The summed E-state index contributed by atoms with van der Waals surface area (Å²) >= 11 is 12.1. The molecule has 0 saturated heterocycles. The molecule has 1 atom stereocenters. The number of amides is 1. The quantitative estimate of drug-likeness (QED) is 0.731. The maximum absolute atomic E-state index is 12.5. The molecular formula is C19H21Cl2NO2. The summed E-state index contributed by atoms with van der Waals surface area (Å²) in [6, 6.07) is 10.7. The van der Waals surface area contributed by atoms with Gasteiger partial charge in [-0.05, 0) is 61.2 Å². The summed E-state index contributed by atoms with van der Waals surface area (Å²) in [7, 11) is 0. The van der Waals surface area contributed by atoms with Gasteiger partial charge < -0.3 is 10.1 Å². The van der Waals surface area contributed by atoms with Crippen molar-refractivity contribution in [3.63, 3.8) is 0 Å². The molecule has 0 aliphatic heterocycles. The van der Waals surface area contributed by atoms with E-state index >= 15 is 0 Å². The number of carbonyl (C=O) groups is 1. The molecule has 0 aromatic heterocycles. The van der Waals surface area contributed by atoms with Gasteiger partial charge in [0.25, 0.3) is 5.91 Å². The minimum atomic E-state index is -0.639. The molecule has 0 fully saturated rings. The number of benzene rings is 2. The van der Waals surface area contributed by atoms with E-state index in [4.69, 9.17) is 27.9 Å². The highest BCUT2D eigenvalue weighted by Crippen LogP contribution is 2.29. The summed E-state index contributed by atoms with van der Waals surface area (Å²) in [5.41, 5.74) is 2.80. The van der Waals surface area contributed by atoms with Crippen molar-refractivity contribution in [2.24, 2.45) is 0 Å². The third-order valence-electron chi connectivity index (χ3n) is 3.82. The van der Waals surface area contributed by atoms with E-state index in [-0.39, 0.29) is 5.91 Å². The van der Waals surface area contributed by atoms with E-state index in [2.05, 4.69) is 5.32 Å². The van der Waals surface area contributed by atoms with Crippen molar-refractivity contribution in [1.29, 1.82) is 0 Å². The summed E-state index contributed by atoms with van der Waals surface area (Å²) in [6.45, 7) is 5.78. The molecule has 0 spiro atoms. The average Bonchev–Trinajstić information content (AvgIpc) is 2.57. The average molecular weight is 366 g/mol. The largest absolute Gasteiger partial charge is 0.481 e. The van der Waals surface area contributed by atoms with Crippen molar-refractivity contribution in [2.45, 2.75) is 39.7 Å². The molecule has 0 aliphatic rings. The predicted octanol–water partition coefficient (Wildman–Crippen LogP) is 5.52. The topological polar surface area (TPSA) is 38.3 Å². The third-order valence-corrected chi connectivity index (χ3v) is 4.43. The Hall–Kier alpha value is -1.71. The molecule has 128 valence electrons. The molecule has 0 radical (unpaired) electrons. The van der Waals surface area contributed by atoms with Crippen molar-refractivity contribution in [2.75, 3.05) is 5.32 Å². The van der Waals surface area contributed by atoms with Gasteiger partial charge in [-0.3, -0.25) is 4.79 Å². The molecule has 0 aliphatic carbocycles. The van der Waals surface area contributed by atoms with Gasteiger partial charge in [-0.1, -0.05) is 43.1 Å². The molecule has 1 unspecified atom stereocenters. The van der Waals surface area contributed by atoms with Crippen molar-refractivity contribution < 1.29 is 9.53 Å². The Morgan fingerprint density at radius 2 is 1.75 bits per heavy atom. The Labute approximate surface area is 152 Å². The first-order chi connectivity index (χ1) is 11.5. The van der Waals surface area contributed by atoms with Crippen LogP contribution in [0.5, 0.6) is 5.75 Å². The molecular weight excluding hydrogens is 345 g/mol. The molecule has 0 bridgehead atoms. The van der Waals surface area contributed by atoms with Crippen LogP contribution >= 0.6 is 23.2 Å². The van der Waals surface area contributed by atoms with E-state index in [0.29, 0.717) is 15.8 Å². The number of aryl methyl sites for hydroxylation is 1. The van der Waals surface area contributed by atoms with Crippen LogP contribution in [0.4, 0.5) is 5.69 Å². The highest BCUT2D eigenvalue weighted by molar-refractivity contribution is 6.32. The molecule has 0 heterocycles. The minimum absolute atomic E-state index is 0.211. The summed E-state index contributed by atoms with van der Waals surface area (Å²) in [4.78, 5) is 12.5. The number of hydrogen-bond donors (Lipinski definition) is 1. The molecule has 5 heteroatoms. The minimum Gasteiger partial charge on any atom is -0.481 e. The lowest BCUT2D eigenvalue weighted by molar-refractivity contribution is -0.122. The Morgan fingerprint density at radius 3 is 2.33 bits per heavy atom. The maximum Gasteiger partial charge on any atom is 0.265 e. The number of halogens is 2. The van der Waals surface area contributed by atoms with Crippen molar-refractivity contribution in [3.05, 3.63) is 57.6 Å².